The summed E-state index contributed by atoms with van der Waals surface area (Å²) in [4.78, 5) is 11.8. The zero-order chi connectivity index (χ0) is 11.5. The van der Waals surface area contributed by atoms with E-state index in [1.54, 1.807) is 6.07 Å². The van der Waals surface area contributed by atoms with E-state index in [0.29, 0.717) is 9.26 Å². The average molecular weight is 334 g/mol. The summed E-state index contributed by atoms with van der Waals surface area (Å²) in [5, 5.41) is 5.92. The first-order valence-electron chi connectivity index (χ1n) is 5.16. The molecule has 1 amide bonds. The van der Waals surface area contributed by atoms with Crippen molar-refractivity contribution in [3.63, 3.8) is 0 Å². The second-order valence-corrected chi connectivity index (χ2v) is 4.92. The molecule has 1 atom stereocenters. The summed E-state index contributed by atoms with van der Waals surface area (Å²) in [5.41, 5.74) is 0.667. The molecule has 86 valence electrons. The van der Waals surface area contributed by atoms with Crippen molar-refractivity contribution >= 4 is 34.2 Å². The van der Waals surface area contributed by atoms with Gasteiger partial charge in [-0.2, -0.15) is 0 Å². The fourth-order valence-corrected chi connectivity index (χ4v) is 2.33. The van der Waals surface area contributed by atoms with Gasteiger partial charge in [-0.15, -0.1) is 0 Å². The van der Waals surface area contributed by atoms with Gasteiger partial charge in [-0.3, -0.25) is 4.79 Å². The summed E-state index contributed by atoms with van der Waals surface area (Å²) in [6.07, 6.45) is 1.89. The molecule has 2 rings (SSSR count). The number of hydrogen-bond donors (Lipinski definition) is 2. The summed E-state index contributed by atoms with van der Waals surface area (Å²) in [6, 6.07) is 4.23. The molecule has 5 heteroatoms. The minimum absolute atomic E-state index is 0.0398. The molecule has 1 aromatic rings. The number of nitrogens with one attached hydrogen (secondary N) is 2. The predicted octanol–water partition coefficient (Wildman–Crippen LogP) is 2.12. The van der Waals surface area contributed by atoms with Gasteiger partial charge in [0.05, 0.1) is 11.7 Å². The van der Waals surface area contributed by atoms with E-state index in [4.69, 9.17) is 0 Å². The topological polar surface area (TPSA) is 41.1 Å². The number of amides is 1. The number of rotatable bonds is 2. The maximum atomic E-state index is 12.9. The number of hydrogen-bond acceptors (Lipinski definition) is 2. The lowest BCUT2D eigenvalue weighted by molar-refractivity contribution is -0.117. The lowest BCUT2D eigenvalue weighted by Crippen LogP contribution is -2.35. The Hall–Kier alpha value is -0.690. The molecule has 3 nitrogen and oxygen atoms in total. The number of carbonyl (C=O) groups excluding carboxylic acids is 1. The Morgan fingerprint density at radius 1 is 1.56 bits per heavy atom. The summed E-state index contributed by atoms with van der Waals surface area (Å²) in [7, 11) is 0. The molecule has 1 aromatic carbocycles. The highest BCUT2D eigenvalue weighted by Crippen LogP contribution is 2.19. The molecule has 16 heavy (non-hydrogen) atoms. The summed E-state index contributed by atoms with van der Waals surface area (Å²) in [6.45, 7) is 0.887. The monoisotopic (exact) mass is 334 g/mol. The summed E-state index contributed by atoms with van der Waals surface area (Å²) in [5.74, 6) is -0.330. The Morgan fingerprint density at radius 2 is 2.38 bits per heavy atom. The van der Waals surface area contributed by atoms with Crippen molar-refractivity contribution < 1.29 is 9.18 Å². The molecule has 0 saturated carbocycles. The van der Waals surface area contributed by atoms with Crippen LogP contribution >= 0.6 is 22.6 Å². The molecule has 0 spiro atoms. The average Bonchev–Trinajstić information content (AvgIpc) is 2.75. The minimum Gasteiger partial charge on any atom is -0.324 e. The third kappa shape index (κ3) is 2.70. The van der Waals surface area contributed by atoms with Gasteiger partial charge in [0.1, 0.15) is 5.82 Å². The number of anilines is 1. The molecule has 1 saturated heterocycles. The van der Waals surface area contributed by atoms with Crippen LogP contribution in [-0.2, 0) is 4.79 Å². The number of halogens is 2. The van der Waals surface area contributed by atoms with Gasteiger partial charge in [0, 0.05) is 3.57 Å². The van der Waals surface area contributed by atoms with E-state index in [-0.39, 0.29) is 17.8 Å². The summed E-state index contributed by atoms with van der Waals surface area (Å²) < 4.78 is 13.6. The van der Waals surface area contributed by atoms with Crippen molar-refractivity contribution in [2.24, 2.45) is 0 Å². The molecular formula is C11H12FIN2O. The second-order valence-electron chi connectivity index (χ2n) is 3.76. The fraction of sp³-hybridized carbons (Fsp3) is 0.364. The van der Waals surface area contributed by atoms with Crippen molar-refractivity contribution in [1.29, 1.82) is 0 Å². The zero-order valence-corrected chi connectivity index (χ0v) is 10.8. The van der Waals surface area contributed by atoms with Crippen LogP contribution in [0.1, 0.15) is 12.8 Å². The standard InChI is InChI=1S/C11H12FIN2O/c12-7-3-4-9(8(13)6-7)15-11(16)10-2-1-5-14-10/h3-4,6,10,14H,1-2,5H2,(H,15,16)/t10-/m0/s1. The van der Waals surface area contributed by atoms with Crippen LogP contribution in [-0.4, -0.2) is 18.5 Å². The van der Waals surface area contributed by atoms with Gasteiger partial charge in [0.25, 0.3) is 0 Å². The second kappa shape index (κ2) is 5.09. The van der Waals surface area contributed by atoms with Gasteiger partial charge in [0.15, 0.2) is 0 Å². The van der Waals surface area contributed by atoms with Crippen LogP contribution in [0.5, 0.6) is 0 Å². The van der Waals surface area contributed by atoms with E-state index in [9.17, 15) is 9.18 Å². The molecular weight excluding hydrogens is 322 g/mol. The molecule has 0 bridgehead atoms. The quantitative estimate of drug-likeness (QED) is 0.814. The van der Waals surface area contributed by atoms with Crippen molar-refractivity contribution in [2.75, 3.05) is 11.9 Å². The van der Waals surface area contributed by atoms with E-state index in [2.05, 4.69) is 10.6 Å². The third-order valence-corrected chi connectivity index (χ3v) is 3.46. The van der Waals surface area contributed by atoms with Crippen molar-refractivity contribution in [1.82, 2.24) is 5.32 Å². The van der Waals surface area contributed by atoms with Crippen LogP contribution in [0.4, 0.5) is 10.1 Å². The molecule has 1 fully saturated rings. The van der Waals surface area contributed by atoms with Gasteiger partial charge in [-0.05, 0) is 60.2 Å². The van der Waals surface area contributed by atoms with E-state index < -0.39 is 0 Å². The normalized spacial score (nSPS) is 19.8. The largest absolute Gasteiger partial charge is 0.324 e. The lowest BCUT2D eigenvalue weighted by Gasteiger charge is -2.12. The maximum absolute atomic E-state index is 12.9. The Kier molecular flexibility index (Phi) is 3.75. The van der Waals surface area contributed by atoms with E-state index in [1.807, 2.05) is 22.6 Å². The Bertz CT molecular complexity index is 405. The van der Waals surface area contributed by atoms with Crippen LogP contribution < -0.4 is 10.6 Å². The van der Waals surface area contributed by atoms with Gasteiger partial charge < -0.3 is 10.6 Å². The van der Waals surface area contributed by atoms with Crippen molar-refractivity contribution in [3.8, 4) is 0 Å². The van der Waals surface area contributed by atoms with Crippen LogP contribution in [0.3, 0.4) is 0 Å². The van der Waals surface area contributed by atoms with Crippen molar-refractivity contribution in [3.05, 3.63) is 27.6 Å². The molecule has 1 heterocycles. The van der Waals surface area contributed by atoms with Crippen molar-refractivity contribution in [2.45, 2.75) is 18.9 Å². The lowest BCUT2D eigenvalue weighted by atomic mass is 10.2. The molecule has 1 aliphatic heterocycles. The minimum atomic E-state index is -0.290. The van der Waals surface area contributed by atoms with Gasteiger partial charge in [-0.25, -0.2) is 4.39 Å². The zero-order valence-electron chi connectivity index (χ0n) is 8.59. The molecule has 1 aliphatic rings. The van der Waals surface area contributed by atoms with Crippen LogP contribution in [0.15, 0.2) is 18.2 Å². The Labute approximate surface area is 107 Å². The van der Waals surface area contributed by atoms with Crippen LogP contribution in [0, 0.1) is 9.39 Å². The number of benzene rings is 1. The third-order valence-electron chi connectivity index (χ3n) is 2.57. The molecule has 2 N–H and O–H groups in total. The molecule has 0 radical (unpaired) electrons. The molecule has 0 unspecified atom stereocenters. The number of carbonyl (C=O) groups is 1. The van der Waals surface area contributed by atoms with Crippen LogP contribution in [0.25, 0.3) is 0 Å². The highest BCUT2D eigenvalue weighted by atomic mass is 127. The molecule has 0 aromatic heterocycles. The smallest absolute Gasteiger partial charge is 0.241 e. The first-order chi connectivity index (χ1) is 7.66. The van der Waals surface area contributed by atoms with Gasteiger partial charge in [0.2, 0.25) is 5.91 Å². The Balaban J connectivity index is 2.05. The highest BCUT2D eigenvalue weighted by Gasteiger charge is 2.22. The van der Waals surface area contributed by atoms with E-state index >= 15 is 0 Å². The fourth-order valence-electron chi connectivity index (χ4n) is 1.72. The maximum Gasteiger partial charge on any atom is 0.241 e. The first-order valence-corrected chi connectivity index (χ1v) is 6.24. The molecule has 0 aliphatic carbocycles. The van der Waals surface area contributed by atoms with Gasteiger partial charge in [-0.1, -0.05) is 0 Å². The Morgan fingerprint density at radius 3 is 3.00 bits per heavy atom. The van der Waals surface area contributed by atoms with Crippen LogP contribution in [0.2, 0.25) is 0 Å². The first kappa shape index (κ1) is 11.8. The van der Waals surface area contributed by atoms with Gasteiger partial charge >= 0.3 is 0 Å². The predicted molar refractivity (Wildman–Crippen MR) is 68.8 cm³/mol. The van der Waals surface area contributed by atoms with E-state index in [0.717, 1.165) is 19.4 Å². The highest BCUT2D eigenvalue weighted by molar-refractivity contribution is 14.1. The van der Waals surface area contributed by atoms with E-state index in [1.165, 1.54) is 12.1 Å². The summed E-state index contributed by atoms with van der Waals surface area (Å²) >= 11 is 2.01. The SMILES string of the molecule is O=C(Nc1ccc(F)cc1I)[C@@H]1CCCN1.